The lowest BCUT2D eigenvalue weighted by Gasteiger charge is -2.21. The van der Waals surface area contributed by atoms with Crippen LogP contribution in [-0.4, -0.2) is 17.4 Å². The monoisotopic (exact) mass is 614 g/mol. The van der Waals surface area contributed by atoms with Gasteiger partial charge in [-0.25, -0.2) is 4.57 Å². The van der Waals surface area contributed by atoms with Crippen molar-refractivity contribution in [3.8, 4) is 5.75 Å². The third-order valence-corrected chi connectivity index (χ3v) is 6.56. The number of amides is 1. The van der Waals surface area contributed by atoms with E-state index >= 15 is 0 Å². The third-order valence-electron chi connectivity index (χ3n) is 6.27. The summed E-state index contributed by atoms with van der Waals surface area (Å²) in [7, 11) is 0. The molecule has 0 aliphatic rings. The molecule has 0 aliphatic carbocycles. The highest BCUT2D eigenvalue weighted by Gasteiger charge is 2.13. The molecule has 0 saturated carbocycles. The largest absolute Gasteiger partial charge is 1.00 e. The summed E-state index contributed by atoms with van der Waals surface area (Å²) < 4.78 is 8.03. The Morgan fingerprint density at radius 3 is 1.97 bits per heavy atom. The molecule has 2 rings (SSSR count). The van der Waals surface area contributed by atoms with Gasteiger partial charge in [0.25, 0.3) is 0 Å². The number of pyridine rings is 1. The molecule has 0 N–H and O–H groups in total. The highest BCUT2D eigenvalue weighted by Crippen LogP contribution is 2.26. The zero-order valence-electron chi connectivity index (χ0n) is 21.9. The van der Waals surface area contributed by atoms with E-state index in [0.29, 0.717) is 24.7 Å². The summed E-state index contributed by atoms with van der Waals surface area (Å²) in [4.78, 5) is 14.1. The average molecular weight is 615 g/mol. The van der Waals surface area contributed by atoms with Crippen LogP contribution in [0.1, 0.15) is 96.1 Å². The lowest BCUT2D eigenvalue weighted by atomic mass is 10.1. The van der Waals surface area contributed by atoms with Crippen molar-refractivity contribution in [3.63, 3.8) is 0 Å². The van der Waals surface area contributed by atoms with Crippen LogP contribution in [0.5, 0.6) is 5.75 Å². The summed E-state index contributed by atoms with van der Waals surface area (Å²) in [5, 5.41) is 0.608. The van der Waals surface area contributed by atoms with Gasteiger partial charge in [-0.05, 0) is 36.6 Å². The van der Waals surface area contributed by atoms with Crippen LogP contribution in [-0.2, 0) is 24.4 Å². The van der Waals surface area contributed by atoms with E-state index < -0.39 is 0 Å². The Morgan fingerprint density at radius 1 is 0.857 bits per heavy atom. The van der Waals surface area contributed by atoms with Gasteiger partial charge >= 0.3 is 0 Å². The van der Waals surface area contributed by atoms with Gasteiger partial charge in [0.05, 0.1) is 11.6 Å². The second-order valence-corrected chi connectivity index (χ2v) is 9.61. The van der Waals surface area contributed by atoms with Gasteiger partial charge < -0.3 is 33.6 Å². The zero-order chi connectivity index (χ0) is 24.6. The Bertz CT molecular complexity index is 845. The molecule has 0 bridgehead atoms. The second kappa shape index (κ2) is 18.9. The van der Waals surface area contributed by atoms with E-state index in [9.17, 15) is 4.79 Å². The van der Waals surface area contributed by atoms with Crippen molar-refractivity contribution in [1.82, 2.24) is 4.90 Å². The standard InChI is InChI=1S/C29H44ClN2O2.HI/c1-4-6-7-8-9-10-11-12-13-14-21-34-29-16-15-27(22-28(29)30)24-32(25(3)33)23-26-17-19-31(5-2)20-18-26;/h15-20,22H,4-14,21,23-24H2,1-3H3;1H/q+1;/p-1. The number of hydrogen-bond acceptors (Lipinski definition) is 2. The summed E-state index contributed by atoms with van der Waals surface area (Å²) in [6, 6.07) is 9.99. The number of hydrogen-bond donors (Lipinski definition) is 0. The highest BCUT2D eigenvalue weighted by atomic mass is 127. The molecule has 0 aliphatic heterocycles. The fraction of sp³-hybridized carbons (Fsp3) is 0.586. The van der Waals surface area contributed by atoms with Crippen molar-refractivity contribution in [1.29, 1.82) is 0 Å². The minimum absolute atomic E-state index is 0. The summed E-state index contributed by atoms with van der Waals surface area (Å²) in [6.45, 7) is 8.71. The van der Waals surface area contributed by atoms with E-state index in [2.05, 4.69) is 30.5 Å². The predicted molar refractivity (Wildman–Crippen MR) is 141 cm³/mol. The molecular formula is C29H44ClIN2O2. The van der Waals surface area contributed by atoms with E-state index in [4.69, 9.17) is 16.3 Å². The minimum atomic E-state index is 0. The van der Waals surface area contributed by atoms with Crippen molar-refractivity contribution < 1.29 is 38.1 Å². The van der Waals surface area contributed by atoms with E-state index in [-0.39, 0.29) is 29.9 Å². The molecule has 4 nitrogen and oxygen atoms in total. The summed E-state index contributed by atoms with van der Waals surface area (Å²) in [5.41, 5.74) is 2.12. The molecule has 35 heavy (non-hydrogen) atoms. The number of benzene rings is 1. The minimum Gasteiger partial charge on any atom is -1.00 e. The van der Waals surface area contributed by atoms with Crippen LogP contribution < -0.4 is 33.3 Å². The van der Waals surface area contributed by atoms with Crippen LogP contribution in [0.2, 0.25) is 5.02 Å². The Labute approximate surface area is 235 Å². The molecule has 1 heterocycles. The zero-order valence-corrected chi connectivity index (χ0v) is 24.8. The molecule has 0 saturated heterocycles. The fourth-order valence-corrected chi connectivity index (χ4v) is 4.31. The van der Waals surface area contributed by atoms with Crippen LogP contribution >= 0.6 is 11.6 Å². The first-order chi connectivity index (χ1) is 16.5. The first-order valence-electron chi connectivity index (χ1n) is 13.2. The molecule has 0 spiro atoms. The molecule has 2 aromatic rings. The van der Waals surface area contributed by atoms with E-state index in [1.54, 1.807) is 6.92 Å². The van der Waals surface area contributed by atoms with Gasteiger partial charge in [-0.15, -0.1) is 0 Å². The van der Waals surface area contributed by atoms with Crippen LogP contribution in [0.3, 0.4) is 0 Å². The maximum absolute atomic E-state index is 12.2. The van der Waals surface area contributed by atoms with E-state index in [1.807, 2.05) is 35.5 Å². The molecule has 0 radical (unpaired) electrons. The summed E-state index contributed by atoms with van der Waals surface area (Å²) in [6.07, 6.45) is 17.2. The van der Waals surface area contributed by atoms with Crippen molar-refractivity contribution in [2.45, 2.75) is 105 Å². The Kier molecular flexibility index (Phi) is 17.1. The van der Waals surface area contributed by atoms with Crippen LogP contribution in [0.15, 0.2) is 42.7 Å². The number of nitrogens with zero attached hydrogens (tertiary/aromatic N) is 2. The van der Waals surface area contributed by atoms with Gasteiger partial charge in [-0.2, -0.15) is 0 Å². The van der Waals surface area contributed by atoms with E-state index in [0.717, 1.165) is 29.8 Å². The maximum atomic E-state index is 12.2. The molecule has 0 fully saturated rings. The van der Waals surface area contributed by atoms with Gasteiger partial charge in [0.15, 0.2) is 12.4 Å². The quantitative estimate of drug-likeness (QED) is 0.149. The Balaban J connectivity index is 0.00000612. The van der Waals surface area contributed by atoms with Gasteiger partial charge in [0.2, 0.25) is 5.91 Å². The highest BCUT2D eigenvalue weighted by molar-refractivity contribution is 6.32. The number of unbranched alkanes of at least 4 members (excludes halogenated alkanes) is 9. The number of carbonyl (C=O) groups is 1. The molecule has 0 unspecified atom stereocenters. The van der Waals surface area contributed by atoms with Crippen LogP contribution in [0.4, 0.5) is 0 Å². The van der Waals surface area contributed by atoms with Crippen molar-refractivity contribution in [2.24, 2.45) is 0 Å². The molecule has 6 heteroatoms. The maximum Gasteiger partial charge on any atom is 0.220 e. The fourth-order valence-electron chi connectivity index (χ4n) is 4.06. The first kappa shape index (κ1) is 31.7. The van der Waals surface area contributed by atoms with Crippen molar-refractivity contribution in [2.75, 3.05) is 6.61 Å². The van der Waals surface area contributed by atoms with Crippen LogP contribution in [0, 0.1) is 0 Å². The second-order valence-electron chi connectivity index (χ2n) is 9.21. The van der Waals surface area contributed by atoms with Crippen molar-refractivity contribution >= 4 is 17.5 Å². The SMILES string of the molecule is CCCCCCCCCCCCOc1ccc(CN(Cc2cc[n+](CC)cc2)C(C)=O)cc1Cl.[I-]. The Morgan fingerprint density at radius 2 is 1.43 bits per heavy atom. The number of ether oxygens (including phenoxy) is 1. The molecule has 196 valence electrons. The third kappa shape index (κ3) is 13.0. The van der Waals surface area contributed by atoms with E-state index in [1.165, 1.54) is 57.8 Å². The molecule has 1 aromatic heterocycles. The first-order valence-corrected chi connectivity index (χ1v) is 13.6. The smallest absolute Gasteiger partial charge is 0.220 e. The molecule has 1 amide bonds. The number of carbonyl (C=O) groups excluding carboxylic acids is 1. The molecule has 1 aromatic carbocycles. The lowest BCUT2D eigenvalue weighted by molar-refractivity contribution is -0.693. The Hall–Kier alpha value is -1.34. The van der Waals surface area contributed by atoms with Gasteiger partial charge in [0.1, 0.15) is 12.3 Å². The van der Waals surface area contributed by atoms with Gasteiger partial charge in [0, 0.05) is 32.1 Å². The number of halogens is 2. The summed E-state index contributed by atoms with van der Waals surface area (Å²) >= 11 is 6.49. The summed E-state index contributed by atoms with van der Waals surface area (Å²) in [5.74, 6) is 0.771. The normalized spacial score (nSPS) is 10.6. The number of aryl methyl sites for hydroxylation is 1. The molecule has 0 atom stereocenters. The van der Waals surface area contributed by atoms with Gasteiger partial charge in [-0.1, -0.05) is 82.4 Å². The average Bonchev–Trinajstić information content (AvgIpc) is 2.83. The predicted octanol–water partition coefficient (Wildman–Crippen LogP) is 4.50. The number of aromatic nitrogens is 1. The van der Waals surface area contributed by atoms with Crippen molar-refractivity contribution in [3.05, 3.63) is 58.9 Å². The number of rotatable bonds is 17. The van der Waals surface area contributed by atoms with Crippen LogP contribution in [0.25, 0.3) is 0 Å². The molecular weight excluding hydrogens is 571 g/mol. The lowest BCUT2D eigenvalue weighted by Crippen LogP contribution is -3.00. The van der Waals surface area contributed by atoms with Gasteiger partial charge in [-0.3, -0.25) is 4.79 Å². The topological polar surface area (TPSA) is 33.4 Å².